The summed E-state index contributed by atoms with van der Waals surface area (Å²) in [6.07, 6.45) is 4.17. The average Bonchev–Trinajstić information content (AvgIpc) is 2.81. The van der Waals surface area contributed by atoms with Gasteiger partial charge in [0.15, 0.2) is 0 Å². The molecule has 0 saturated carbocycles. The van der Waals surface area contributed by atoms with Crippen molar-refractivity contribution in [2.45, 2.75) is 64.6 Å². The quantitative estimate of drug-likeness (QED) is 0.838. The lowest BCUT2D eigenvalue weighted by molar-refractivity contribution is 0.121. The van der Waals surface area contributed by atoms with Crippen molar-refractivity contribution in [2.24, 2.45) is 0 Å². The van der Waals surface area contributed by atoms with Gasteiger partial charge in [0.05, 0.1) is 6.10 Å². The zero-order valence-electron chi connectivity index (χ0n) is 11.7. The summed E-state index contributed by atoms with van der Waals surface area (Å²) in [4.78, 5) is 0. The Morgan fingerprint density at radius 1 is 1.22 bits per heavy atom. The number of benzene rings is 1. The highest BCUT2D eigenvalue weighted by atomic mass is 16.3. The second-order valence-corrected chi connectivity index (χ2v) is 5.66. The lowest BCUT2D eigenvalue weighted by Gasteiger charge is -2.25. The molecule has 1 aromatic rings. The van der Waals surface area contributed by atoms with E-state index < -0.39 is 6.10 Å². The van der Waals surface area contributed by atoms with E-state index in [1.807, 2.05) is 0 Å². The van der Waals surface area contributed by atoms with Gasteiger partial charge < -0.3 is 10.4 Å². The zero-order chi connectivity index (χ0) is 13.1. The normalized spacial score (nSPS) is 17.8. The van der Waals surface area contributed by atoms with E-state index in [-0.39, 0.29) is 6.04 Å². The van der Waals surface area contributed by atoms with Crippen LogP contribution in [0.5, 0.6) is 0 Å². The highest BCUT2D eigenvalue weighted by molar-refractivity contribution is 5.36. The first-order chi connectivity index (χ1) is 8.61. The molecule has 0 radical (unpaired) electrons. The fourth-order valence-corrected chi connectivity index (χ4v) is 2.87. The van der Waals surface area contributed by atoms with E-state index in [0.717, 1.165) is 12.0 Å². The number of aryl methyl sites for hydroxylation is 2. The summed E-state index contributed by atoms with van der Waals surface area (Å²) in [6, 6.07) is 7.05. The van der Waals surface area contributed by atoms with Crippen LogP contribution in [0.25, 0.3) is 0 Å². The number of hydrogen-bond acceptors (Lipinski definition) is 2. The molecule has 2 nitrogen and oxygen atoms in total. The summed E-state index contributed by atoms with van der Waals surface area (Å²) in [5, 5.41) is 13.9. The molecule has 1 aromatic carbocycles. The Morgan fingerprint density at radius 3 is 2.61 bits per heavy atom. The molecule has 0 aliphatic heterocycles. The molecule has 0 aromatic heterocycles. The minimum Gasteiger partial charge on any atom is -0.387 e. The van der Waals surface area contributed by atoms with Gasteiger partial charge in [0.25, 0.3) is 0 Å². The zero-order valence-corrected chi connectivity index (χ0v) is 11.7. The monoisotopic (exact) mass is 247 g/mol. The molecule has 0 spiro atoms. The van der Waals surface area contributed by atoms with Crippen LogP contribution in [0.1, 0.15) is 56.4 Å². The second-order valence-electron chi connectivity index (χ2n) is 5.66. The van der Waals surface area contributed by atoms with Crippen molar-refractivity contribution in [1.29, 1.82) is 0 Å². The molecule has 100 valence electrons. The minimum absolute atomic E-state index is 0.143. The van der Waals surface area contributed by atoms with Crippen LogP contribution in [-0.4, -0.2) is 17.2 Å². The van der Waals surface area contributed by atoms with E-state index >= 15 is 0 Å². The molecule has 2 atom stereocenters. The predicted molar refractivity (Wildman–Crippen MR) is 75.8 cm³/mol. The van der Waals surface area contributed by atoms with Crippen LogP contribution < -0.4 is 5.32 Å². The average molecular weight is 247 g/mol. The third kappa shape index (κ3) is 2.93. The van der Waals surface area contributed by atoms with E-state index in [1.54, 1.807) is 0 Å². The Kier molecular flexibility index (Phi) is 4.41. The van der Waals surface area contributed by atoms with Crippen molar-refractivity contribution < 1.29 is 5.11 Å². The fourth-order valence-electron chi connectivity index (χ4n) is 2.87. The maximum Gasteiger partial charge on any atom is 0.0943 e. The van der Waals surface area contributed by atoms with Crippen molar-refractivity contribution in [3.8, 4) is 0 Å². The Hall–Kier alpha value is -0.860. The van der Waals surface area contributed by atoms with Crippen LogP contribution in [0.2, 0.25) is 0 Å². The van der Waals surface area contributed by atoms with Gasteiger partial charge in [-0.3, -0.25) is 0 Å². The molecule has 0 bridgehead atoms. The molecule has 1 aliphatic carbocycles. The van der Waals surface area contributed by atoms with E-state index in [1.165, 1.54) is 30.4 Å². The van der Waals surface area contributed by atoms with Crippen molar-refractivity contribution in [3.63, 3.8) is 0 Å². The Morgan fingerprint density at radius 2 is 1.94 bits per heavy atom. The number of fused-ring (bicyclic) bond motifs is 1. The standard InChI is InChI=1S/C16H25NO/c1-4-15(17-11(2)3)16(18)14-9-8-12-6-5-7-13(12)10-14/h8-11,15-18H,4-7H2,1-3H3. The van der Waals surface area contributed by atoms with Crippen LogP contribution >= 0.6 is 0 Å². The molecule has 0 amide bonds. The summed E-state index contributed by atoms with van der Waals surface area (Å²) in [7, 11) is 0. The smallest absolute Gasteiger partial charge is 0.0943 e. The van der Waals surface area contributed by atoms with Gasteiger partial charge in [-0.2, -0.15) is 0 Å². The first kappa shape index (κ1) is 13.6. The van der Waals surface area contributed by atoms with Crippen LogP contribution in [0.3, 0.4) is 0 Å². The molecule has 2 heteroatoms. The third-order valence-corrected chi connectivity index (χ3v) is 3.83. The van der Waals surface area contributed by atoms with Gasteiger partial charge in [-0.1, -0.05) is 39.0 Å². The molecule has 1 aliphatic rings. The lowest BCUT2D eigenvalue weighted by atomic mass is 9.96. The lowest BCUT2D eigenvalue weighted by Crippen LogP contribution is -2.38. The molecule has 0 fully saturated rings. The van der Waals surface area contributed by atoms with Gasteiger partial charge in [-0.15, -0.1) is 0 Å². The predicted octanol–water partition coefficient (Wildman–Crippen LogP) is 2.99. The molecular formula is C16H25NO. The van der Waals surface area contributed by atoms with Crippen molar-refractivity contribution in [1.82, 2.24) is 5.32 Å². The Labute approximate surface area is 110 Å². The Balaban J connectivity index is 2.14. The van der Waals surface area contributed by atoms with Gasteiger partial charge in [-0.05, 0) is 42.4 Å². The van der Waals surface area contributed by atoms with Crippen LogP contribution in [0, 0.1) is 0 Å². The van der Waals surface area contributed by atoms with Gasteiger partial charge in [0, 0.05) is 12.1 Å². The number of rotatable bonds is 5. The topological polar surface area (TPSA) is 32.3 Å². The first-order valence-electron chi connectivity index (χ1n) is 7.17. The van der Waals surface area contributed by atoms with E-state index in [2.05, 4.69) is 44.3 Å². The summed E-state index contributed by atoms with van der Waals surface area (Å²) < 4.78 is 0. The molecule has 2 N–H and O–H groups in total. The van der Waals surface area contributed by atoms with Crippen LogP contribution in [-0.2, 0) is 12.8 Å². The van der Waals surface area contributed by atoms with Crippen molar-refractivity contribution >= 4 is 0 Å². The SMILES string of the molecule is CCC(NC(C)C)C(O)c1ccc2c(c1)CCC2. The largest absolute Gasteiger partial charge is 0.387 e. The third-order valence-electron chi connectivity index (χ3n) is 3.83. The van der Waals surface area contributed by atoms with Gasteiger partial charge in [0.1, 0.15) is 0 Å². The molecular weight excluding hydrogens is 222 g/mol. The number of aliphatic hydroxyl groups is 1. The maximum atomic E-state index is 10.5. The minimum atomic E-state index is -0.400. The highest BCUT2D eigenvalue weighted by Gasteiger charge is 2.21. The summed E-state index contributed by atoms with van der Waals surface area (Å²) in [6.45, 7) is 6.37. The van der Waals surface area contributed by atoms with E-state index in [4.69, 9.17) is 0 Å². The number of hydrogen-bond donors (Lipinski definition) is 2. The second kappa shape index (κ2) is 5.85. The van der Waals surface area contributed by atoms with Gasteiger partial charge in [-0.25, -0.2) is 0 Å². The summed E-state index contributed by atoms with van der Waals surface area (Å²) in [5.74, 6) is 0. The molecule has 0 saturated heterocycles. The fraction of sp³-hybridized carbons (Fsp3) is 0.625. The molecule has 18 heavy (non-hydrogen) atoms. The van der Waals surface area contributed by atoms with Gasteiger partial charge >= 0.3 is 0 Å². The van der Waals surface area contributed by atoms with Crippen LogP contribution in [0.4, 0.5) is 0 Å². The number of aliphatic hydroxyl groups excluding tert-OH is 1. The van der Waals surface area contributed by atoms with Crippen molar-refractivity contribution in [2.75, 3.05) is 0 Å². The number of nitrogens with one attached hydrogen (secondary N) is 1. The molecule has 2 rings (SSSR count). The van der Waals surface area contributed by atoms with Crippen molar-refractivity contribution in [3.05, 3.63) is 34.9 Å². The Bertz CT molecular complexity index is 400. The first-order valence-corrected chi connectivity index (χ1v) is 7.17. The molecule has 2 unspecified atom stereocenters. The van der Waals surface area contributed by atoms with Gasteiger partial charge in [0.2, 0.25) is 0 Å². The van der Waals surface area contributed by atoms with E-state index in [9.17, 15) is 5.11 Å². The maximum absolute atomic E-state index is 10.5. The van der Waals surface area contributed by atoms with Crippen LogP contribution in [0.15, 0.2) is 18.2 Å². The summed E-state index contributed by atoms with van der Waals surface area (Å²) in [5.41, 5.74) is 3.97. The summed E-state index contributed by atoms with van der Waals surface area (Å²) >= 11 is 0. The highest BCUT2D eigenvalue weighted by Crippen LogP contribution is 2.27. The molecule has 0 heterocycles. The van der Waals surface area contributed by atoms with E-state index in [0.29, 0.717) is 6.04 Å².